The van der Waals surface area contributed by atoms with Crippen LogP contribution in [0.1, 0.15) is 348 Å². The molecular formula is C88H153NO8P+. The monoisotopic (exact) mass is 1380 g/mol. The van der Waals surface area contributed by atoms with E-state index in [1.807, 2.05) is 21.1 Å². The average Bonchev–Trinajstić information content (AvgIpc) is 1.08. The van der Waals surface area contributed by atoms with E-state index in [0.29, 0.717) is 17.4 Å². The Morgan fingerprint density at radius 3 is 0.867 bits per heavy atom. The number of carbonyl (C=O) groups excluding carboxylic acids is 2. The summed E-state index contributed by atoms with van der Waals surface area (Å²) in [6, 6.07) is 0. The van der Waals surface area contributed by atoms with Gasteiger partial charge in [-0.2, -0.15) is 0 Å². The molecule has 2 atom stereocenters. The summed E-state index contributed by atoms with van der Waals surface area (Å²) >= 11 is 0. The van der Waals surface area contributed by atoms with Gasteiger partial charge >= 0.3 is 19.8 Å². The highest BCUT2D eigenvalue weighted by Gasteiger charge is 2.27. The number of allylic oxidation sites excluding steroid dienone is 24. The van der Waals surface area contributed by atoms with Crippen LogP contribution in [0.2, 0.25) is 0 Å². The molecule has 0 radical (unpaired) electrons. The number of esters is 2. The lowest BCUT2D eigenvalue weighted by atomic mass is 10.0. The van der Waals surface area contributed by atoms with Gasteiger partial charge in [0.1, 0.15) is 19.8 Å². The molecular weight excluding hydrogens is 1230 g/mol. The number of quaternary nitrogens is 1. The lowest BCUT2D eigenvalue weighted by Crippen LogP contribution is -2.37. The molecule has 0 amide bonds. The van der Waals surface area contributed by atoms with Crippen LogP contribution in [0, 0.1) is 0 Å². The van der Waals surface area contributed by atoms with Gasteiger partial charge in [0.25, 0.3) is 0 Å². The van der Waals surface area contributed by atoms with Crippen LogP contribution in [-0.2, 0) is 32.7 Å². The Bertz CT molecular complexity index is 2170. The van der Waals surface area contributed by atoms with E-state index in [9.17, 15) is 19.0 Å². The minimum Gasteiger partial charge on any atom is -0.462 e. The predicted octanol–water partition coefficient (Wildman–Crippen LogP) is 27.3. The fraction of sp³-hybridized carbons (Fsp3) is 0.705. The van der Waals surface area contributed by atoms with Gasteiger partial charge in [0, 0.05) is 12.8 Å². The molecule has 562 valence electrons. The molecule has 10 heteroatoms. The Labute approximate surface area is 605 Å². The van der Waals surface area contributed by atoms with Gasteiger partial charge in [0.05, 0.1) is 27.7 Å². The van der Waals surface area contributed by atoms with Crippen molar-refractivity contribution in [1.82, 2.24) is 0 Å². The highest BCUT2D eigenvalue weighted by atomic mass is 31.2. The number of unbranched alkanes of at least 4 members (excludes halogenated alkanes) is 36. The van der Waals surface area contributed by atoms with E-state index in [-0.39, 0.29) is 32.0 Å². The number of phosphoric ester groups is 1. The molecule has 0 spiro atoms. The third kappa shape index (κ3) is 80.9. The Morgan fingerprint density at radius 1 is 0.327 bits per heavy atom. The zero-order valence-corrected chi connectivity index (χ0v) is 65.1. The summed E-state index contributed by atoms with van der Waals surface area (Å²) < 4.78 is 34.8. The van der Waals surface area contributed by atoms with Crippen LogP contribution in [0.4, 0.5) is 0 Å². The minimum absolute atomic E-state index is 0.0263. The van der Waals surface area contributed by atoms with Crippen molar-refractivity contribution in [2.75, 3.05) is 47.5 Å². The maximum absolute atomic E-state index is 12.9. The summed E-state index contributed by atoms with van der Waals surface area (Å²) in [6.07, 6.45) is 114. The molecule has 0 bridgehead atoms. The van der Waals surface area contributed by atoms with E-state index in [4.69, 9.17) is 18.5 Å². The van der Waals surface area contributed by atoms with E-state index in [1.54, 1.807) is 0 Å². The first kappa shape index (κ1) is 93.9. The van der Waals surface area contributed by atoms with Crippen LogP contribution in [0.15, 0.2) is 146 Å². The normalized spacial score (nSPS) is 13.8. The minimum atomic E-state index is -4.40. The molecule has 0 aromatic heterocycles. The molecule has 98 heavy (non-hydrogen) atoms. The molecule has 0 saturated carbocycles. The molecule has 0 rings (SSSR count). The Morgan fingerprint density at radius 2 is 0.582 bits per heavy atom. The Balaban J connectivity index is 4.02. The van der Waals surface area contributed by atoms with Crippen molar-refractivity contribution in [3.8, 4) is 0 Å². The first-order valence-corrected chi connectivity index (χ1v) is 42.1. The van der Waals surface area contributed by atoms with E-state index in [2.05, 4.69) is 160 Å². The number of rotatable bonds is 74. The van der Waals surface area contributed by atoms with Crippen molar-refractivity contribution in [1.29, 1.82) is 0 Å². The second kappa shape index (κ2) is 77.1. The fourth-order valence-electron chi connectivity index (χ4n) is 11.2. The van der Waals surface area contributed by atoms with Crippen LogP contribution < -0.4 is 0 Å². The summed E-state index contributed by atoms with van der Waals surface area (Å²) in [4.78, 5) is 36.0. The summed E-state index contributed by atoms with van der Waals surface area (Å²) in [5.41, 5.74) is 0. The highest BCUT2D eigenvalue weighted by molar-refractivity contribution is 7.47. The summed E-state index contributed by atoms with van der Waals surface area (Å²) in [7, 11) is 1.47. The number of ether oxygens (including phenoxy) is 2. The highest BCUT2D eigenvalue weighted by Crippen LogP contribution is 2.43. The summed E-state index contributed by atoms with van der Waals surface area (Å²) in [5.74, 6) is -0.796. The number of nitrogens with zero attached hydrogens (tertiary/aromatic N) is 1. The van der Waals surface area contributed by atoms with Crippen LogP contribution >= 0.6 is 7.82 Å². The van der Waals surface area contributed by atoms with E-state index in [1.165, 1.54) is 199 Å². The maximum atomic E-state index is 12.9. The Kier molecular flexibility index (Phi) is 73.8. The molecule has 0 aliphatic rings. The number of phosphoric acid groups is 1. The zero-order chi connectivity index (χ0) is 71.1. The molecule has 1 N–H and O–H groups in total. The van der Waals surface area contributed by atoms with Crippen LogP contribution in [0.5, 0.6) is 0 Å². The molecule has 9 nitrogen and oxygen atoms in total. The van der Waals surface area contributed by atoms with E-state index in [0.717, 1.165) is 116 Å². The molecule has 0 saturated heterocycles. The van der Waals surface area contributed by atoms with Gasteiger partial charge in [-0.05, 0) is 122 Å². The van der Waals surface area contributed by atoms with Gasteiger partial charge in [0.15, 0.2) is 6.10 Å². The third-order valence-electron chi connectivity index (χ3n) is 17.4. The van der Waals surface area contributed by atoms with Crippen molar-refractivity contribution >= 4 is 19.8 Å². The maximum Gasteiger partial charge on any atom is 0.472 e. The van der Waals surface area contributed by atoms with Gasteiger partial charge in [-0.3, -0.25) is 18.6 Å². The molecule has 0 aromatic rings. The van der Waals surface area contributed by atoms with Crippen molar-refractivity contribution in [2.45, 2.75) is 354 Å². The average molecular weight is 1380 g/mol. The van der Waals surface area contributed by atoms with Gasteiger partial charge in [0.2, 0.25) is 0 Å². The summed E-state index contributed by atoms with van der Waals surface area (Å²) in [5, 5.41) is 0. The molecule has 2 unspecified atom stereocenters. The van der Waals surface area contributed by atoms with Crippen molar-refractivity contribution in [2.24, 2.45) is 0 Å². The van der Waals surface area contributed by atoms with Crippen LogP contribution in [0.25, 0.3) is 0 Å². The standard InChI is InChI=1S/C88H152NO8P/c1-6-8-10-12-14-16-18-20-22-24-26-28-30-32-34-36-38-40-41-42-43-44-45-46-47-49-51-53-55-57-59-61-63-65-67-69-71-73-75-77-79-81-88(91)97-86(85-96-98(92,93)95-83-82-89(3,4)5)84-94-87(90)80-78-76-74-72-70-68-66-64-62-60-58-56-54-52-50-48-39-37-35-33-31-29-27-25-23-21-19-17-15-13-11-9-7-2/h8,10,14,16,19-22,25-28,32,34,38,40,42-43,45-46,49,51,55,57,86H,6-7,9,11-13,15,17-18,23-24,29-31,33,35-37,39,41,44,47-48,50,52-54,56,58-85H2,1-5H3/p+1/b10-8-,16-14-,21-19-,22-20-,27-25-,28-26-,34-32-,40-38-,43-42-,46-45-,51-49-,57-55-. The topological polar surface area (TPSA) is 108 Å². The molecule has 0 aliphatic heterocycles. The number of hydrogen-bond donors (Lipinski definition) is 1. The lowest BCUT2D eigenvalue weighted by Gasteiger charge is -2.24. The van der Waals surface area contributed by atoms with Gasteiger partial charge in [-0.15, -0.1) is 0 Å². The van der Waals surface area contributed by atoms with E-state index >= 15 is 0 Å². The van der Waals surface area contributed by atoms with E-state index < -0.39 is 26.5 Å². The largest absolute Gasteiger partial charge is 0.472 e. The van der Waals surface area contributed by atoms with Crippen molar-refractivity contribution in [3.63, 3.8) is 0 Å². The lowest BCUT2D eigenvalue weighted by molar-refractivity contribution is -0.870. The second-order valence-electron chi connectivity index (χ2n) is 28.1. The van der Waals surface area contributed by atoms with Crippen molar-refractivity contribution in [3.05, 3.63) is 146 Å². The SMILES string of the molecule is CC/C=C\C/C=C\C/C=C\C/C=C\C/C=C\C/C=C\C/C=C\C/C=C\C/C=C\C/C=C\CCCCCCCCCCCCC(=O)OC(COC(=O)CCCCCCCCCCCCCCCCCCCCCCC/C=C\C/C=C\CCCCCCC)COP(=O)(O)OCC[N+](C)(C)C. The zero-order valence-electron chi connectivity index (χ0n) is 64.2. The fourth-order valence-corrected chi connectivity index (χ4v) is 11.9. The van der Waals surface area contributed by atoms with Gasteiger partial charge in [-0.25, -0.2) is 4.57 Å². The first-order chi connectivity index (χ1) is 48.0. The van der Waals surface area contributed by atoms with Gasteiger partial charge in [-0.1, -0.05) is 359 Å². The number of carbonyl (C=O) groups is 2. The van der Waals surface area contributed by atoms with Crippen molar-refractivity contribution < 1.29 is 42.1 Å². The molecule has 0 fully saturated rings. The predicted molar refractivity (Wildman–Crippen MR) is 427 cm³/mol. The first-order valence-electron chi connectivity index (χ1n) is 40.6. The molecule has 0 heterocycles. The van der Waals surface area contributed by atoms with Crippen LogP contribution in [0.3, 0.4) is 0 Å². The van der Waals surface area contributed by atoms with Crippen LogP contribution in [-0.4, -0.2) is 74.9 Å². The smallest absolute Gasteiger partial charge is 0.462 e. The second-order valence-corrected chi connectivity index (χ2v) is 29.5. The number of hydrogen-bond acceptors (Lipinski definition) is 7. The molecule has 0 aliphatic carbocycles. The third-order valence-corrected chi connectivity index (χ3v) is 18.3. The van der Waals surface area contributed by atoms with Gasteiger partial charge < -0.3 is 18.9 Å². The Hall–Kier alpha value is -4.11. The number of likely N-dealkylation sites (N-methyl/N-ethyl adjacent to an activating group) is 1. The molecule has 0 aromatic carbocycles. The quantitative estimate of drug-likeness (QED) is 0.0211. The summed E-state index contributed by atoms with van der Waals surface area (Å²) in [6.45, 7) is 4.33.